The molecule has 72 valence electrons. The Kier molecular flexibility index (Phi) is 2.82. The Hall–Kier alpha value is -0.590. The van der Waals surface area contributed by atoms with E-state index in [2.05, 4.69) is 6.08 Å². The van der Waals surface area contributed by atoms with Crippen molar-refractivity contribution in [3.63, 3.8) is 0 Å². The standard InChI is InChI=1S/C12H18O/c13-12-9-5-4-8-11(12)10-6-2-1-3-7-10/h6,11H,1-5,7-9H2/t11-/m1/s1. The number of Topliss-reactive ketones (excluding diaryl/α,β-unsaturated/α-hetero) is 1. The molecule has 0 bridgehead atoms. The van der Waals surface area contributed by atoms with Gasteiger partial charge in [0.1, 0.15) is 5.78 Å². The molecule has 0 N–H and O–H groups in total. The van der Waals surface area contributed by atoms with E-state index < -0.39 is 0 Å². The van der Waals surface area contributed by atoms with Gasteiger partial charge in [-0.15, -0.1) is 0 Å². The summed E-state index contributed by atoms with van der Waals surface area (Å²) in [5.41, 5.74) is 1.47. The minimum absolute atomic E-state index is 0.328. The van der Waals surface area contributed by atoms with Crippen molar-refractivity contribution in [3.05, 3.63) is 11.6 Å². The summed E-state index contributed by atoms with van der Waals surface area (Å²) in [5.74, 6) is 0.841. The van der Waals surface area contributed by atoms with Crippen LogP contribution in [0.4, 0.5) is 0 Å². The van der Waals surface area contributed by atoms with Crippen LogP contribution in [0.15, 0.2) is 11.6 Å². The van der Waals surface area contributed by atoms with Crippen LogP contribution >= 0.6 is 0 Å². The predicted octanol–water partition coefficient (Wildman–Crippen LogP) is 3.25. The largest absolute Gasteiger partial charge is 0.299 e. The fourth-order valence-electron chi connectivity index (χ4n) is 2.55. The third-order valence-corrected chi connectivity index (χ3v) is 3.33. The van der Waals surface area contributed by atoms with Crippen LogP contribution in [-0.2, 0) is 4.79 Å². The lowest BCUT2D eigenvalue weighted by Gasteiger charge is -2.25. The Morgan fingerprint density at radius 2 is 1.92 bits per heavy atom. The van der Waals surface area contributed by atoms with E-state index in [0.717, 1.165) is 19.3 Å². The molecule has 0 aromatic rings. The van der Waals surface area contributed by atoms with Crippen LogP contribution in [0.1, 0.15) is 51.4 Å². The summed E-state index contributed by atoms with van der Waals surface area (Å²) in [4.78, 5) is 11.7. The zero-order valence-electron chi connectivity index (χ0n) is 8.22. The molecule has 0 aliphatic heterocycles. The molecule has 2 aliphatic carbocycles. The fraction of sp³-hybridized carbons (Fsp3) is 0.750. The van der Waals surface area contributed by atoms with Crippen molar-refractivity contribution >= 4 is 5.78 Å². The van der Waals surface area contributed by atoms with Gasteiger partial charge >= 0.3 is 0 Å². The molecule has 0 aromatic carbocycles. The molecule has 0 saturated heterocycles. The summed E-state index contributed by atoms with van der Waals surface area (Å²) < 4.78 is 0. The van der Waals surface area contributed by atoms with E-state index in [-0.39, 0.29) is 0 Å². The average Bonchev–Trinajstić information content (AvgIpc) is 2.20. The van der Waals surface area contributed by atoms with Crippen molar-refractivity contribution in [2.45, 2.75) is 51.4 Å². The number of ketones is 1. The second-order valence-electron chi connectivity index (χ2n) is 4.29. The number of hydrogen-bond acceptors (Lipinski definition) is 1. The Morgan fingerprint density at radius 1 is 1.08 bits per heavy atom. The normalized spacial score (nSPS) is 30.0. The lowest BCUT2D eigenvalue weighted by Crippen LogP contribution is -2.21. The first kappa shape index (κ1) is 8.98. The van der Waals surface area contributed by atoms with Crippen LogP contribution in [0.3, 0.4) is 0 Å². The lowest BCUT2D eigenvalue weighted by molar-refractivity contribution is -0.123. The highest BCUT2D eigenvalue weighted by Gasteiger charge is 2.25. The first-order chi connectivity index (χ1) is 6.38. The van der Waals surface area contributed by atoms with Gasteiger partial charge in [0.2, 0.25) is 0 Å². The van der Waals surface area contributed by atoms with E-state index in [1.807, 2.05) is 0 Å². The van der Waals surface area contributed by atoms with Gasteiger partial charge in [-0.25, -0.2) is 0 Å². The van der Waals surface area contributed by atoms with E-state index in [4.69, 9.17) is 0 Å². The van der Waals surface area contributed by atoms with Crippen LogP contribution in [0.2, 0.25) is 0 Å². The third kappa shape index (κ3) is 2.01. The average molecular weight is 178 g/mol. The van der Waals surface area contributed by atoms with Gasteiger partial charge in [0, 0.05) is 12.3 Å². The Balaban J connectivity index is 2.04. The number of rotatable bonds is 1. The van der Waals surface area contributed by atoms with Gasteiger partial charge in [-0.3, -0.25) is 4.79 Å². The molecule has 1 saturated carbocycles. The van der Waals surface area contributed by atoms with Crippen LogP contribution in [-0.4, -0.2) is 5.78 Å². The molecule has 0 radical (unpaired) electrons. The zero-order chi connectivity index (χ0) is 9.10. The monoisotopic (exact) mass is 178 g/mol. The number of hydrogen-bond donors (Lipinski definition) is 0. The summed E-state index contributed by atoms with van der Waals surface area (Å²) >= 11 is 0. The molecule has 13 heavy (non-hydrogen) atoms. The molecule has 0 heterocycles. The van der Waals surface area contributed by atoms with Gasteiger partial charge in [-0.05, 0) is 38.5 Å². The van der Waals surface area contributed by atoms with Gasteiger partial charge in [-0.2, -0.15) is 0 Å². The topological polar surface area (TPSA) is 17.1 Å². The highest BCUT2D eigenvalue weighted by atomic mass is 16.1. The zero-order valence-corrected chi connectivity index (χ0v) is 8.22. The molecule has 1 nitrogen and oxygen atoms in total. The molecule has 0 unspecified atom stereocenters. The van der Waals surface area contributed by atoms with Crippen molar-refractivity contribution in [3.8, 4) is 0 Å². The Bertz CT molecular complexity index is 227. The van der Waals surface area contributed by atoms with E-state index in [9.17, 15) is 4.79 Å². The molecule has 2 aliphatic rings. The molecular weight excluding hydrogens is 160 g/mol. The van der Waals surface area contributed by atoms with Crippen molar-refractivity contribution in [2.75, 3.05) is 0 Å². The van der Waals surface area contributed by atoms with Gasteiger partial charge in [0.15, 0.2) is 0 Å². The van der Waals surface area contributed by atoms with Gasteiger partial charge in [0.25, 0.3) is 0 Å². The van der Waals surface area contributed by atoms with E-state index in [1.54, 1.807) is 0 Å². The maximum absolute atomic E-state index is 11.7. The molecule has 1 atom stereocenters. The Morgan fingerprint density at radius 3 is 2.62 bits per heavy atom. The molecule has 1 fully saturated rings. The van der Waals surface area contributed by atoms with Crippen molar-refractivity contribution in [2.24, 2.45) is 5.92 Å². The maximum Gasteiger partial charge on any atom is 0.139 e. The third-order valence-electron chi connectivity index (χ3n) is 3.33. The summed E-state index contributed by atoms with van der Waals surface area (Å²) in [7, 11) is 0. The second-order valence-corrected chi connectivity index (χ2v) is 4.29. The van der Waals surface area contributed by atoms with Gasteiger partial charge in [0.05, 0.1) is 0 Å². The summed E-state index contributed by atoms with van der Waals surface area (Å²) in [6.07, 6.45) is 11.7. The molecule has 0 spiro atoms. The van der Waals surface area contributed by atoms with Crippen LogP contribution in [0.25, 0.3) is 0 Å². The van der Waals surface area contributed by atoms with E-state index in [0.29, 0.717) is 11.7 Å². The lowest BCUT2D eigenvalue weighted by atomic mass is 9.79. The highest BCUT2D eigenvalue weighted by molar-refractivity contribution is 5.84. The quantitative estimate of drug-likeness (QED) is 0.563. The van der Waals surface area contributed by atoms with E-state index in [1.165, 1.54) is 37.7 Å². The number of carbonyl (C=O) groups excluding carboxylic acids is 1. The van der Waals surface area contributed by atoms with Crippen LogP contribution in [0.5, 0.6) is 0 Å². The highest BCUT2D eigenvalue weighted by Crippen LogP contribution is 2.32. The molecule has 0 aromatic heterocycles. The van der Waals surface area contributed by atoms with Crippen molar-refractivity contribution in [1.29, 1.82) is 0 Å². The minimum Gasteiger partial charge on any atom is -0.299 e. The predicted molar refractivity (Wildman–Crippen MR) is 53.5 cm³/mol. The smallest absolute Gasteiger partial charge is 0.139 e. The van der Waals surface area contributed by atoms with Crippen molar-refractivity contribution in [1.82, 2.24) is 0 Å². The Labute approximate surface area is 80.2 Å². The molecular formula is C12H18O. The van der Waals surface area contributed by atoms with E-state index >= 15 is 0 Å². The van der Waals surface area contributed by atoms with Crippen molar-refractivity contribution < 1.29 is 4.79 Å². The molecule has 1 heteroatoms. The summed E-state index contributed by atoms with van der Waals surface area (Å²) in [6.45, 7) is 0. The minimum atomic E-state index is 0.328. The number of allylic oxidation sites excluding steroid dienone is 2. The fourth-order valence-corrected chi connectivity index (χ4v) is 2.55. The van der Waals surface area contributed by atoms with Gasteiger partial charge in [-0.1, -0.05) is 18.1 Å². The SMILES string of the molecule is O=C1CCCC[C@@H]1C1=CCCCC1. The molecule has 2 rings (SSSR count). The number of carbonyl (C=O) groups is 1. The van der Waals surface area contributed by atoms with Gasteiger partial charge < -0.3 is 0 Å². The summed E-state index contributed by atoms with van der Waals surface area (Å²) in [6, 6.07) is 0. The molecule has 0 amide bonds. The summed E-state index contributed by atoms with van der Waals surface area (Å²) in [5, 5.41) is 0. The first-order valence-electron chi connectivity index (χ1n) is 5.59. The maximum atomic E-state index is 11.7. The van der Waals surface area contributed by atoms with Crippen LogP contribution in [0, 0.1) is 5.92 Å². The first-order valence-corrected chi connectivity index (χ1v) is 5.59. The second kappa shape index (κ2) is 4.08. The van der Waals surface area contributed by atoms with Crippen LogP contribution < -0.4 is 0 Å².